The number of aromatic carboxylic acids is 1. The molecule has 196 valence electrons. The number of carboxylic acid groups (broad SMARTS) is 1. The van der Waals surface area contributed by atoms with Crippen molar-refractivity contribution in [3.63, 3.8) is 0 Å². The number of nitrogens with one attached hydrogen (secondary N) is 2. The first kappa shape index (κ1) is 26.5. The van der Waals surface area contributed by atoms with Gasteiger partial charge in [-0.2, -0.15) is 0 Å². The first-order valence-electron chi connectivity index (χ1n) is 11.1. The number of carbonyl (C=O) groups is 1. The molecule has 0 aromatic heterocycles. The summed E-state index contributed by atoms with van der Waals surface area (Å²) < 4.78 is 0. The molecule has 0 bridgehead atoms. The van der Waals surface area contributed by atoms with Gasteiger partial charge in [0.15, 0.2) is 11.5 Å². The van der Waals surface area contributed by atoms with Gasteiger partial charge in [0.25, 0.3) is 5.91 Å². The van der Waals surface area contributed by atoms with Crippen LogP contribution < -0.4 is 10.6 Å². The summed E-state index contributed by atoms with van der Waals surface area (Å²) >= 11 is 6.02. The number of hydrogen-bond donors (Lipinski definition) is 10. The average molecular weight is 533 g/mol. The smallest absolute Gasteiger partial charge is 0.335 e. The van der Waals surface area contributed by atoms with Crippen LogP contribution >= 0.6 is 11.6 Å². The standard InChI is InChI=1S/C25H25ClN2O9/c1-11-16-17(20(29)22(31)21(30)19(16)26)18(11)25(36,37)27-10-24(34,35)28-15-7-3-5-13(9-15)12-4-2-6-14(8-12)23(32)33/h2-9,11,18,27-31,34-37H,10H2,1H3,(H,32,33). The van der Waals surface area contributed by atoms with Gasteiger partial charge in [0.05, 0.1) is 23.0 Å². The molecule has 3 aromatic carbocycles. The van der Waals surface area contributed by atoms with E-state index in [4.69, 9.17) is 11.6 Å². The van der Waals surface area contributed by atoms with Crippen molar-refractivity contribution in [3.05, 3.63) is 70.2 Å². The van der Waals surface area contributed by atoms with E-state index in [0.29, 0.717) is 11.1 Å². The number of phenols is 3. The zero-order valence-electron chi connectivity index (χ0n) is 19.3. The lowest BCUT2D eigenvalue weighted by molar-refractivity contribution is -0.230. The molecule has 0 fully saturated rings. The van der Waals surface area contributed by atoms with Crippen LogP contribution in [0.3, 0.4) is 0 Å². The maximum Gasteiger partial charge on any atom is 0.335 e. The highest BCUT2D eigenvalue weighted by atomic mass is 35.5. The molecule has 0 saturated heterocycles. The maximum atomic E-state index is 11.3. The first-order valence-corrected chi connectivity index (χ1v) is 11.4. The van der Waals surface area contributed by atoms with Crippen LogP contribution in [0.4, 0.5) is 5.69 Å². The summed E-state index contributed by atoms with van der Waals surface area (Å²) in [4.78, 5) is 11.3. The third-order valence-electron chi connectivity index (χ3n) is 6.38. The molecular formula is C25H25ClN2O9. The summed E-state index contributed by atoms with van der Waals surface area (Å²) in [5, 5.41) is 85.8. The molecule has 0 heterocycles. The van der Waals surface area contributed by atoms with Crippen molar-refractivity contribution >= 4 is 23.3 Å². The fraction of sp³-hybridized carbons (Fsp3) is 0.240. The summed E-state index contributed by atoms with van der Waals surface area (Å²) in [6, 6.07) is 12.6. The predicted molar refractivity (Wildman–Crippen MR) is 132 cm³/mol. The molecule has 0 spiro atoms. The largest absolute Gasteiger partial charge is 0.504 e. The minimum absolute atomic E-state index is 0.0867. The van der Waals surface area contributed by atoms with E-state index in [-0.39, 0.29) is 27.4 Å². The Hall–Kier alpha value is -3.58. The Balaban J connectivity index is 1.49. The normalized spacial score (nSPS) is 17.1. The summed E-state index contributed by atoms with van der Waals surface area (Å²) in [6.45, 7) is 0.738. The summed E-state index contributed by atoms with van der Waals surface area (Å²) in [7, 11) is 0. The van der Waals surface area contributed by atoms with Gasteiger partial charge < -0.3 is 46.2 Å². The molecule has 10 N–H and O–H groups in total. The Morgan fingerprint density at radius 3 is 2.19 bits per heavy atom. The van der Waals surface area contributed by atoms with Gasteiger partial charge in [-0.15, -0.1) is 0 Å². The SMILES string of the molecule is CC1c2c(Cl)c(O)c(O)c(O)c2C1C(O)(O)NCC(O)(O)Nc1cccc(-c2cccc(C(=O)O)c2)c1. The van der Waals surface area contributed by atoms with Crippen LogP contribution in [-0.4, -0.2) is 65.2 Å². The van der Waals surface area contributed by atoms with E-state index in [1.165, 1.54) is 18.2 Å². The molecule has 1 aliphatic rings. The average Bonchev–Trinajstić information content (AvgIpc) is 2.84. The second-order valence-corrected chi connectivity index (χ2v) is 9.32. The highest BCUT2D eigenvalue weighted by Gasteiger charge is 2.53. The van der Waals surface area contributed by atoms with E-state index >= 15 is 0 Å². The number of carboxylic acids is 1. The van der Waals surface area contributed by atoms with Crippen molar-refractivity contribution in [1.29, 1.82) is 0 Å². The van der Waals surface area contributed by atoms with E-state index in [1.54, 1.807) is 37.3 Å². The van der Waals surface area contributed by atoms with Gasteiger partial charge in [0, 0.05) is 11.3 Å². The second kappa shape index (κ2) is 9.38. The molecule has 0 aliphatic heterocycles. The van der Waals surface area contributed by atoms with Crippen LogP contribution in [0.1, 0.15) is 40.2 Å². The monoisotopic (exact) mass is 532 g/mol. The number of phenolic OH excluding ortho intramolecular Hbond substituents is 3. The fourth-order valence-electron chi connectivity index (χ4n) is 4.59. The van der Waals surface area contributed by atoms with Crippen molar-refractivity contribution in [2.45, 2.75) is 30.6 Å². The third-order valence-corrected chi connectivity index (χ3v) is 6.77. The van der Waals surface area contributed by atoms with Crippen LogP contribution in [0.25, 0.3) is 11.1 Å². The Bertz CT molecular complexity index is 1380. The van der Waals surface area contributed by atoms with Gasteiger partial charge in [-0.3, -0.25) is 5.32 Å². The van der Waals surface area contributed by atoms with E-state index < -0.39 is 53.4 Å². The quantitative estimate of drug-likeness (QED) is 0.150. The van der Waals surface area contributed by atoms with Crippen molar-refractivity contribution < 1.29 is 45.6 Å². The number of hydrogen-bond acceptors (Lipinski definition) is 10. The minimum Gasteiger partial charge on any atom is -0.504 e. The van der Waals surface area contributed by atoms with E-state index in [0.717, 1.165) is 0 Å². The maximum absolute atomic E-state index is 11.3. The summed E-state index contributed by atoms with van der Waals surface area (Å²) in [5.74, 6) is -10.9. The van der Waals surface area contributed by atoms with Crippen LogP contribution in [0.5, 0.6) is 17.2 Å². The first-order chi connectivity index (χ1) is 17.2. The lowest BCUT2D eigenvalue weighted by atomic mass is 9.66. The number of rotatable bonds is 8. The Morgan fingerprint density at radius 1 is 0.919 bits per heavy atom. The van der Waals surface area contributed by atoms with E-state index in [9.17, 15) is 45.6 Å². The van der Waals surface area contributed by atoms with E-state index in [2.05, 4.69) is 10.6 Å². The number of benzene rings is 3. The number of halogens is 1. The molecule has 3 aromatic rings. The fourth-order valence-corrected chi connectivity index (χ4v) is 4.96. The van der Waals surface area contributed by atoms with Crippen LogP contribution in [0.2, 0.25) is 5.02 Å². The highest BCUT2D eigenvalue weighted by molar-refractivity contribution is 6.33. The third kappa shape index (κ3) is 4.88. The predicted octanol–water partition coefficient (Wildman–Crippen LogP) is 2.00. The topological polar surface area (TPSA) is 203 Å². The Kier molecular flexibility index (Phi) is 6.71. The van der Waals surface area contributed by atoms with Gasteiger partial charge in [-0.05, 0) is 46.9 Å². The molecule has 0 amide bonds. The molecule has 4 rings (SSSR count). The van der Waals surface area contributed by atoms with E-state index in [1.807, 2.05) is 0 Å². The van der Waals surface area contributed by atoms with Gasteiger partial charge in [0.2, 0.25) is 11.7 Å². The van der Waals surface area contributed by atoms with Crippen LogP contribution in [0, 0.1) is 0 Å². The number of fused-ring (bicyclic) bond motifs is 1. The van der Waals surface area contributed by atoms with Crippen molar-refractivity contribution in [2.75, 3.05) is 11.9 Å². The van der Waals surface area contributed by atoms with Gasteiger partial charge in [0.1, 0.15) is 0 Å². The van der Waals surface area contributed by atoms with Crippen molar-refractivity contribution in [1.82, 2.24) is 5.32 Å². The lowest BCUT2D eigenvalue weighted by Crippen LogP contribution is -2.60. The second-order valence-electron chi connectivity index (χ2n) is 8.94. The highest BCUT2D eigenvalue weighted by Crippen LogP contribution is 2.61. The molecule has 2 unspecified atom stereocenters. The zero-order chi connectivity index (χ0) is 27.3. The van der Waals surface area contributed by atoms with Crippen molar-refractivity contribution in [3.8, 4) is 28.4 Å². The Labute approximate surface area is 215 Å². The molecular weight excluding hydrogens is 508 g/mol. The van der Waals surface area contributed by atoms with Crippen LogP contribution in [0.15, 0.2) is 48.5 Å². The molecule has 1 aliphatic carbocycles. The molecule has 37 heavy (non-hydrogen) atoms. The number of anilines is 1. The van der Waals surface area contributed by atoms with Gasteiger partial charge >= 0.3 is 5.97 Å². The van der Waals surface area contributed by atoms with Crippen molar-refractivity contribution in [2.24, 2.45) is 0 Å². The molecule has 0 saturated carbocycles. The molecule has 12 heteroatoms. The number of aliphatic hydroxyl groups is 4. The zero-order valence-corrected chi connectivity index (χ0v) is 20.1. The number of aromatic hydroxyl groups is 3. The summed E-state index contributed by atoms with van der Waals surface area (Å²) in [6.07, 6.45) is 0. The molecule has 11 nitrogen and oxygen atoms in total. The van der Waals surface area contributed by atoms with Gasteiger partial charge in [-0.25, -0.2) is 4.79 Å². The lowest BCUT2D eigenvalue weighted by Gasteiger charge is -2.46. The minimum atomic E-state index is -2.78. The van der Waals surface area contributed by atoms with Crippen LogP contribution in [-0.2, 0) is 0 Å². The molecule has 0 radical (unpaired) electrons. The van der Waals surface area contributed by atoms with Gasteiger partial charge in [-0.1, -0.05) is 42.8 Å². The Morgan fingerprint density at radius 2 is 1.54 bits per heavy atom. The summed E-state index contributed by atoms with van der Waals surface area (Å²) in [5.41, 5.74) is 1.61. The molecule has 2 atom stereocenters.